The summed E-state index contributed by atoms with van der Waals surface area (Å²) in [4.78, 5) is 22.7. The number of carbonyl (C=O) groups excluding carboxylic acids is 1. The second kappa shape index (κ2) is 8.21. The highest BCUT2D eigenvalue weighted by molar-refractivity contribution is 6.30. The maximum absolute atomic E-state index is 15.1. The number of benzene rings is 1. The number of rotatable bonds is 5. The van der Waals surface area contributed by atoms with Gasteiger partial charge in [0.25, 0.3) is 0 Å². The summed E-state index contributed by atoms with van der Waals surface area (Å²) < 4.78 is 15.1. The summed E-state index contributed by atoms with van der Waals surface area (Å²) in [6, 6.07) is 9.05. The normalized spacial score (nSPS) is 16.2. The Labute approximate surface area is 164 Å². The van der Waals surface area contributed by atoms with Gasteiger partial charge in [0.05, 0.1) is 13.0 Å². The van der Waals surface area contributed by atoms with Crippen molar-refractivity contribution in [2.45, 2.75) is 38.8 Å². The van der Waals surface area contributed by atoms with Crippen LogP contribution in [0, 0.1) is 13.8 Å². The van der Waals surface area contributed by atoms with Gasteiger partial charge in [-0.25, -0.2) is 14.4 Å². The van der Waals surface area contributed by atoms with Crippen molar-refractivity contribution >= 4 is 23.3 Å². The van der Waals surface area contributed by atoms with E-state index in [4.69, 9.17) is 11.6 Å². The van der Waals surface area contributed by atoms with Crippen LogP contribution in [0.1, 0.15) is 29.9 Å². The Morgan fingerprint density at radius 3 is 2.52 bits per heavy atom. The zero-order valence-corrected chi connectivity index (χ0v) is 16.4. The highest BCUT2D eigenvalue weighted by atomic mass is 35.5. The minimum absolute atomic E-state index is 0.0226. The summed E-state index contributed by atoms with van der Waals surface area (Å²) in [5, 5.41) is 3.73. The van der Waals surface area contributed by atoms with Gasteiger partial charge in [-0.2, -0.15) is 0 Å². The van der Waals surface area contributed by atoms with Crippen molar-refractivity contribution in [2.75, 3.05) is 25.0 Å². The van der Waals surface area contributed by atoms with Gasteiger partial charge in [0, 0.05) is 42.7 Å². The first-order chi connectivity index (χ1) is 12.8. The molecule has 1 aliphatic rings. The summed E-state index contributed by atoms with van der Waals surface area (Å²) in [5.41, 5.74) is 0.419. The Morgan fingerprint density at radius 2 is 1.89 bits per heavy atom. The lowest BCUT2D eigenvalue weighted by Crippen LogP contribution is -2.48. The van der Waals surface area contributed by atoms with Gasteiger partial charge < -0.3 is 10.2 Å². The Morgan fingerprint density at radius 1 is 1.22 bits per heavy atom. The Balaban J connectivity index is 1.51. The summed E-state index contributed by atoms with van der Waals surface area (Å²) in [6.45, 7) is 4.73. The molecular formula is C20H24ClFN4O. The average molecular weight is 391 g/mol. The van der Waals surface area contributed by atoms with Crippen LogP contribution >= 0.6 is 11.6 Å². The summed E-state index contributed by atoms with van der Waals surface area (Å²) >= 11 is 5.87. The topological polar surface area (TPSA) is 58.1 Å². The number of hydrogen-bond donors (Lipinski definition) is 1. The molecular weight excluding hydrogens is 367 g/mol. The molecule has 0 aliphatic carbocycles. The number of halogens is 2. The van der Waals surface area contributed by atoms with Crippen LogP contribution in [0.2, 0.25) is 5.02 Å². The number of aryl methyl sites for hydroxylation is 2. The fourth-order valence-electron chi connectivity index (χ4n) is 3.28. The predicted molar refractivity (Wildman–Crippen MR) is 105 cm³/mol. The minimum Gasteiger partial charge on any atom is -0.367 e. The van der Waals surface area contributed by atoms with Crippen LogP contribution < -0.4 is 5.32 Å². The molecule has 27 heavy (non-hydrogen) atoms. The van der Waals surface area contributed by atoms with Crippen molar-refractivity contribution in [1.29, 1.82) is 0 Å². The highest BCUT2D eigenvalue weighted by Crippen LogP contribution is 2.27. The lowest BCUT2D eigenvalue weighted by atomic mass is 9.93. The molecule has 1 aromatic heterocycles. The predicted octanol–water partition coefficient (Wildman–Crippen LogP) is 3.73. The minimum atomic E-state index is -1.34. The molecule has 5 nitrogen and oxygen atoms in total. The Bertz CT molecular complexity index is 784. The molecule has 0 radical (unpaired) electrons. The van der Waals surface area contributed by atoms with Crippen molar-refractivity contribution in [2.24, 2.45) is 0 Å². The highest BCUT2D eigenvalue weighted by Gasteiger charge is 2.35. The van der Waals surface area contributed by atoms with E-state index in [0.29, 0.717) is 49.0 Å². The van der Waals surface area contributed by atoms with Gasteiger partial charge in [0.15, 0.2) is 0 Å². The SMILES string of the molecule is Cc1cc(NCC2(F)CCN(C(=O)Cc3ccc(Cl)cc3)CC2)nc(C)n1. The molecule has 1 N–H and O–H groups in total. The fraction of sp³-hybridized carbons (Fsp3) is 0.450. The lowest BCUT2D eigenvalue weighted by Gasteiger charge is -2.36. The largest absolute Gasteiger partial charge is 0.367 e. The molecule has 7 heteroatoms. The molecule has 1 fully saturated rings. The number of likely N-dealkylation sites (tertiary alicyclic amines) is 1. The quantitative estimate of drug-likeness (QED) is 0.845. The van der Waals surface area contributed by atoms with E-state index < -0.39 is 5.67 Å². The van der Waals surface area contributed by atoms with Crippen LogP contribution in [0.4, 0.5) is 10.2 Å². The van der Waals surface area contributed by atoms with Gasteiger partial charge in [-0.15, -0.1) is 0 Å². The molecule has 0 bridgehead atoms. The van der Waals surface area contributed by atoms with E-state index in [0.717, 1.165) is 11.3 Å². The van der Waals surface area contributed by atoms with E-state index >= 15 is 4.39 Å². The second-order valence-electron chi connectivity index (χ2n) is 7.13. The molecule has 2 heterocycles. The van der Waals surface area contributed by atoms with Crippen LogP contribution in [0.15, 0.2) is 30.3 Å². The molecule has 0 unspecified atom stereocenters. The maximum atomic E-state index is 15.1. The zero-order valence-electron chi connectivity index (χ0n) is 15.6. The Kier molecular flexibility index (Phi) is 5.95. The number of alkyl halides is 1. The van der Waals surface area contributed by atoms with E-state index in [1.54, 1.807) is 23.1 Å². The average Bonchev–Trinajstić information content (AvgIpc) is 2.62. The van der Waals surface area contributed by atoms with Crippen molar-refractivity contribution in [3.8, 4) is 0 Å². The molecule has 0 saturated carbocycles. The third-order valence-corrected chi connectivity index (χ3v) is 5.09. The van der Waals surface area contributed by atoms with E-state index in [1.165, 1.54) is 0 Å². The first-order valence-electron chi connectivity index (χ1n) is 9.10. The van der Waals surface area contributed by atoms with Gasteiger partial charge in [-0.3, -0.25) is 4.79 Å². The lowest BCUT2D eigenvalue weighted by molar-refractivity contribution is -0.132. The van der Waals surface area contributed by atoms with Gasteiger partial charge in [-0.05, 0) is 31.5 Å². The van der Waals surface area contributed by atoms with Gasteiger partial charge >= 0.3 is 0 Å². The van der Waals surface area contributed by atoms with Gasteiger partial charge in [-0.1, -0.05) is 23.7 Å². The van der Waals surface area contributed by atoms with Crippen molar-refractivity contribution < 1.29 is 9.18 Å². The molecule has 3 rings (SSSR count). The molecule has 0 atom stereocenters. The number of aromatic nitrogens is 2. The summed E-state index contributed by atoms with van der Waals surface area (Å²) in [7, 11) is 0. The zero-order chi connectivity index (χ0) is 19.4. The van der Waals surface area contributed by atoms with Crippen molar-refractivity contribution in [1.82, 2.24) is 14.9 Å². The number of nitrogens with one attached hydrogen (secondary N) is 1. The number of carbonyl (C=O) groups is 1. The summed E-state index contributed by atoms with van der Waals surface area (Å²) in [6.07, 6.45) is 0.943. The molecule has 144 valence electrons. The van der Waals surface area contributed by atoms with E-state index in [-0.39, 0.29) is 12.5 Å². The molecule has 1 aliphatic heterocycles. The molecule has 1 amide bonds. The number of nitrogens with zero attached hydrogens (tertiary/aromatic N) is 3. The van der Waals surface area contributed by atoms with Crippen LogP contribution in [0.5, 0.6) is 0 Å². The van der Waals surface area contributed by atoms with Gasteiger partial charge in [0.1, 0.15) is 17.3 Å². The fourth-order valence-corrected chi connectivity index (χ4v) is 3.40. The first-order valence-corrected chi connectivity index (χ1v) is 9.48. The van der Waals surface area contributed by atoms with Gasteiger partial charge in [0.2, 0.25) is 5.91 Å². The third-order valence-electron chi connectivity index (χ3n) is 4.83. The monoisotopic (exact) mass is 390 g/mol. The van der Waals surface area contributed by atoms with Crippen LogP contribution in [0.25, 0.3) is 0 Å². The van der Waals surface area contributed by atoms with Crippen molar-refractivity contribution in [3.63, 3.8) is 0 Å². The molecule has 2 aromatic rings. The van der Waals surface area contributed by atoms with E-state index in [1.807, 2.05) is 26.0 Å². The first kappa shape index (κ1) is 19.5. The van der Waals surface area contributed by atoms with Crippen LogP contribution in [0.3, 0.4) is 0 Å². The third kappa shape index (κ3) is 5.39. The van der Waals surface area contributed by atoms with Crippen LogP contribution in [-0.4, -0.2) is 46.1 Å². The second-order valence-corrected chi connectivity index (χ2v) is 7.57. The van der Waals surface area contributed by atoms with E-state index in [2.05, 4.69) is 15.3 Å². The number of piperidine rings is 1. The smallest absolute Gasteiger partial charge is 0.226 e. The number of hydrogen-bond acceptors (Lipinski definition) is 4. The van der Waals surface area contributed by atoms with E-state index in [9.17, 15) is 4.79 Å². The summed E-state index contributed by atoms with van der Waals surface area (Å²) in [5.74, 6) is 1.32. The van der Waals surface area contributed by atoms with Crippen LogP contribution in [-0.2, 0) is 11.2 Å². The molecule has 1 saturated heterocycles. The Hall–Kier alpha value is -2.21. The number of amides is 1. The van der Waals surface area contributed by atoms with Crippen molar-refractivity contribution in [3.05, 3.63) is 52.4 Å². The molecule has 0 spiro atoms. The maximum Gasteiger partial charge on any atom is 0.226 e. The standard InChI is InChI=1S/C20H24ClFN4O/c1-14-11-18(25-15(2)24-14)23-13-20(22)7-9-26(10-8-20)19(27)12-16-3-5-17(21)6-4-16/h3-6,11H,7-10,12-13H2,1-2H3,(H,23,24,25). The molecule has 1 aromatic carbocycles. The number of anilines is 1.